The smallest absolute Gasteiger partial charge is 0.265 e. The zero-order chi connectivity index (χ0) is 22.9. The number of hydrogen-bond donors (Lipinski definition) is 2. The number of halogens is 3. The molecular formula is C20H20F3N5O3S. The number of sulfonamides is 1. The molecule has 12 heteroatoms. The van der Waals surface area contributed by atoms with Crippen LogP contribution in [0.5, 0.6) is 5.75 Å². The van der Waals surface area contributed by atoms with Gasteiger partial charge in [0, 0.05) is 37.2 Å². The highest BCUT2D eigenvalue weighted by molar-refractivity contribution is 7.92. The van der Waals surface area contributed by atoms with Crippen molar-refractivity contribution in [1.29, 1.82) is 0 Å². The average molecular weight is 467 g/mol. The first kappa shape index (κ1) is 22.1. The molecule has 0 aliphatic heterocycles. The van der Waals surface area contributed by atoms with Gasteiger partial charge in [-0.1, -0.05) is 0 Å². The van der Waals surface area contributed by atoms with Gasteiger partial charge in [-0.2, -0.15) is 5.10 Å². The van der Waals surface area contributed by atoms with Crippen molar-refractivity contribution in [2.75, 3.05) is 4.72 Å². The molecule has 170 valence electrons. The topological polar surface area (TPSA) is 110 Å². The van der Waals surface area contributed by atoms with E-state index in [9.17, 15) is 21.6 Å². The van der Waals surface area contributed by atoms with E-state index < -0.39 is 39.2 Å². The summed E-state index contributed by atoms with van der Waals surface area (Å²) in [7, 11) is -4.28. The highest BCUT2D eigenvalue weighted by atomic mass is 32.2. The van der Waals surface area contributed by atoms with Crippen LogP contribution in [0.15, 0.2) is 48.0 Å². The van der Waals surface area contributed by atoms with E-state index in [4.69, 9.17) is 4.74 Å². The Labute approximate surface area is 182 Å². The summed E-state index contributed by atoms with van der Waals surface area (Å²) >= 11 is 0. The monoisotopic (exact) mass is 467 g/mol. The first-order valence-corrected chi connectivity index (χ1v) is 11.2. The van der Waals surface area contributed by atoms with Crippen LogP contribution in [0.2, 0.25) is 0 Å². The molecule has 1 aliphatic carbocycles. The first-order chi connectivity index (χ1) is 15.1. The number of H-pyrrole nitrogens is 1. The van der Waals surface area contributed by atoms with Gasteiger partial charge in [-0.15, -0.1) is 0 Å². The van der Waals surface area contributed by atoms with Crippen molar-refractivity contribution in [1.82, 2.24) is 20.2 Å². The van der Waals surface area contributed by atoms with Crippen LogP contribution in [-0.4, -0.2) is 40.6 Å². The first-order valence-electron chi connectivity index (χ1n) is 9.77. The van der Waals surface area contributed by atoms with Crippen LogP contribution >= 0.6 is 0 Å². The molecule has 0 saturated heterocycles. The van der Waals surface area contributed by atoms with E-state index in [0.717, 1.165) is 24.0 Å². The molecular weight excluding hydrogens is 447 g/mol. The van der Waals surface area contributed by atoms with Gasteiger partial charge in [-0.25, -0.2) is 31.6 Å². The lowest BCUT2D eigenvalue weighted by Gasteiger charge is -2.36. The second-order valence-corrected chi connectivity index (χ2v) is 9.29. The molecule has 1 aromatic carbocycles. The van der Waals surface area contributed by atoms with Gasteiger partial charge in [0.2, 0.25) is 0 Å². The van der Waals surface area contributed by atoms with Crippen LogP contribution in [0, 0.1) is 12.7 Å². The third-order valence-electron chi connectivity index (χ3n) is 5.34. The standard InChI is InChI=1S/C20H20F3N5O3S/c1-12-6-18(32(29,30)28-19-3-5-24-11-25-19)15(21)7-16(12)31-17-8-20(22,23)4-2-14(17)13-9-26-27-10-13/h3,5-7,9-11,14,17H,2,4,8H2,1H3,(H,26,27)(H,24,25,28). The number of aromatic nitrogens is 4. The quantitative estimate of drug-likeness (QED) is 0.571. The minimum absolute atomic E-state index is 0.000295. The number of ether oxygens (including phenoxy) is 1. The highest BCUT2D eigenvalue weighted by Crippen LogP contribution is 2.43. The van der Waals surface area contributed by atoms with Gasteiger partial charge in [0.1, 0.15) is 34.7 Å². The molecule has 2 heterocycles. The van der Waals surface area contributed by atoms with Crippen LogP contribution in [0.1, 0.15) is 36.3 Å². The van der Waals surface area contributed by atoms with Crippen LogP contribution in [0.25, 0.3) is 0 Å². The number of aryl methyl sites for hydroxylation is 1. The van der Waals surface area contributed by atoms with E-state index in [1.165, 1.54) is 19.2 Å². The van der Waals surface area contributed by atoms with Crippen molar-refractivity contribution in [2.24, 2.45) is 0 Å². The van der Waals surface area contributed by atoms with Gasteiger partial charge in [0.05, 0.1) is 6.20 Å². The maximum atomic E-state index is 14.8. The number of hydrogen-bond acceptors (Lipinski definition) is 6. The molecule has 2 N–H and O–H groups in total. The lowest BCUT2D eigenvalue weighted by molar-refractivity contribution is -0.0774. The van der Waals surface area contributed by atoms with Gasteiger partial charge >= 0.3 is 0 Å². The molecule has 8 nitrogen and oxygen atoms in total. The van der Waals surface area contributed by atoms with Crippen LogP contribution < -0.4 is 9.46 Å². The van der Waals surface area contributed by atoms with Gasteiger partial charge in [-0.05, 0) is 36.6 Å². The zero-order valence-corrected chi connectivity index (χ0v) is 17.7. The predicted octanol–water partition coefficient (Wildman–Crippen LogP) is 3.80. The van der Waals surface area contributed by atoms with Crippen molar-refractivity contribution in [3.63, 3.8) is 0 Å². The third kappa shape index (κ3) is 4.69. The Kier molecular flexibility index (Phi) is 5.80. The summed E-state index contributed by atoms with van der Waals surface area (Å²) in [5, 5.41) is 6.53. The summed E-state index contributed by atoms with van der Waals surface area (Å²) in [6.07, 6.45) is 4.05. The summed E-state index contributed by atoms with van der Waals surface area (Å²) < 4.78 is 76.2. The normalized spacial score (nSPS) is 20.6. The molecule has 0 bridgehead atoms. The van der Waals surface area contributed by atoms with E-state index in [1.807, 2.05) is 0 Å². The van der Waals surface area contributed by atoms with Gasteiger partial charge in [0.25, 0.3) is 15.9 Å². The predicted molar refractivity (Wildman–Crippen MR) is 109 cm³/mol. The lowest BCUT2D eigenvalue weighted by atomic mass is 9.81. The van der Waals surface area contributed by atoms with Crippen molar-refractivity contribution in [3.05, 3.63) is 60.1 Å². The summed E-state index contributed by atoms with van der Waals surface area (Å²) in [5.41, 5.74) is 1.01. The minimum atomic E-state index is -4.28. The van der Waals surface area contributed by atoms with E-state index in [1.54, 1.807) is 12.4 Å². The van der Waals surface area contributed by atoms with Crippen LogP contribution in [0.3, 0.4) is 0 Å². The number of benzene rings is 1. The molecule has 32 heavy (non-hydrogen) atoms. The number of aromatic amines is 1. The Bertz CT molecular complexity index is 1190. The second-order valence-electron chi connectivity index (χ2n) is 7.64. The molecule has 0 radical (unpaired) electrons. The van der Waals surface area contributed by atoms with E-state index in [0.29, 0.717) is 0 Å². The fourth-order valence-electron chi connectivity index (χ4n) is 3.74. The fraction of sp³-hybridized carbons (Fsp3) is 0.350. The van der Waals surface area contributed by atoms with Crippen molar-refractivity contribution < 1.29 is 26.3 Å². The molecule has 4 rings (SSSR count). The average Bonchev–Trinajstić information content (AvgIpc) is 3.25. The Morgan fingerprint density at radius 2 is 2.12 bits per heavy atom. The number of nitrogens with one attached hydrogen (secondary N) is 2. The van der Waals surface area contributed by atoms with Crippen molar-refractivity contribution in [3.8, 4) is 5.75 Å². The van der Waals surface area contributed by atoms with Gasteiger partial charge in [0.15, 0.2) is 0 Å². The van der Waals surface area contributed by atoms with Gasteiger partial charge in [-0.3, -0.25) is 9.82 Å². The van der Waals surface area contributed by atoms with Crippen molar-refractivity contribution >= 4 is 15.8 Å². The molecule has 0 spiro atoms. The molecule has 1 saturated carbocycles. The third-order valence-corrected chi connectivity index (χ3v) is 6.71. The Morgan fingerprint density at radius 3 is 2.81 bits per heavy atom. The largest absolute Gasteiger partial charge is 0.489 e. The van der Waals surface area contributed by atoms with E-state index >= 15 is 0 Å². The van der Waals surface area contributed by atoms with E-state index in [-0.39, 0.29) is 35.9 Å². The molecule has 2 atom stereocenters. The van der Waals surface area contributed by atoms with Crippen LogP contribution in [-0.2, 0) is 10.0 Å². The summed E-state index contributed by atoms with van der Waals surface area (Å²) in [6, 6.07) is 3.32. The number of rotatable bonds is 6. The lowest BCUT2D eigenvalue weighted by Crippen LogP contribution is -2.38. The van der Waals surface area contributed by atoms with Crippen molar-refractivity contribution in [2.45, 2.75) is 49.0 Å². The maximum Gasteiger partial charge on any atom is 0.265 e. The number of nitrogens with zero attached hydrogens (tertiary/aromatic N) is 3. The SMILES string of the molecule is Cc1cc(S(=O)(=O)Nc2ccncn2)c(F)cc1OC1CC(F)(F)CCC1c1cn[nH]c1. The number of alkyl halides is 2. The summed E-state index contributed by atoms with van der Waals surface area (Å²) in [4.78, 5) is 6.83. The Morgan fingerprint density at radius 1 is 1.31 bits per heavy atom. The van der Waals surface area contributed by atoms with Crippen LogP contribution in [0.4, 0.5) is 19.0 Å². The Hall–Kier alpha value is -3.15. The molecule has 0 amide bonds. The fourth-order valence-corrected chi connectivity index (χ4v) is 4.89. The molecule has 1 fully saturated rings. The summed E-state index contributed by atoms with van der Waals surface area (Å²) in [5.74, 6) is -4.38. The summed E-state index contributed by atoms with van der Waals surface area (Å²) in [6.45, 7) is 1.52. The highest BCUT2D eigenvalue weighted by Gasteiger charge is 2.43. The van der Waals surface area contributed by atoms with Gasteiger partial charge < -0.3 is 4.74 Å². The molecule has 3 aromatic rings. The Balaban J connectivity index is 1.61. The van der Waals surface area contributed by atoms with E-state index in [2.05, 4.69) is 24.9 Å². The second kappa shape index (κ2) is 8.41. The minimum Gasteiger partial charge on any atom is -0.489 e. The number of anilines is 1. The molecule has 1 aliphatic rings. The molecule has 2 unspecified atom stereocenters. The zero-order valence-electron chi connectivity index (χ0n) is 16.9. The molecule has 2 aromatic heterocycles. The maximum absolute atomic E-state index is 14.8.